The zero-order valence-corrected chi connectivity index (χ0v) is 14.8. The van der Waals surface area contributed by atoms with Crippen LogP contribution in [0.2, 0.25) is 0 Å². The number of nitrogens with zero attached hydrogens (tertiary/aromatic N) is 1. The highest BCUT2D eigenvalue weighted by Crippen LogP contribution is 2.16. The molecule has 0 bridgehead atoms. The Bertz CT molecular complexity index is 619. The second kappa shape index (κ2) is 9.44. The van der Waals surface area contributed by atoms with Gasteiger partial charge in [-0.3, -0.25) is 4.90 Å². The highest BCUT2D eigenvalue weighted by atomic mass is 16.5. The molecule has 1 saturated heterocycles. The second-order valence-electron chi connectivity index (χ2n) is 6.57. The van der Waals surface area contributed by atoms with E-state index in [1.807, 2.05) is 12.1 Å². The standard InChI is InChI=1S/C21H28N2O2/c22-20-7-3-18(4-8-20)17-19-5-9-21(10-6-19)25-14-2-1-11-23-12-15-24-16-13-23/h3-10H,1-2,11-17,22H2. The minimum atomic E-state index is 0.779. The smallest absolute Gasteiger partial charge is 0.119 e. The summed E-state index contributed by atoms with van der Waals surface area (Å²) in [5.41, 5.74) is 9.08. The lowest BCUT2D eigenvalue weighted by atomic mass is 10.0. The van der Waals surface area contributed by atoms with Crippen LogP contribution in [0.5, 0.6) is 5.75 Å². The molecule has 1 heterocycles. The van der Waals surface area contributed by atoms with Crippen molar-refractivity contribution in [3.05, 3.63) is 59.7 Å². The van der Waals surface area contributed by atoms with Crippen molar-refractivity contribution in [2.75, 3.05) is 45.2 Å². The van der Waals surface area contributed by atoms with E-state index in [1.54, 1.807) is 0 Å². The molecule has 2 aromatic rings. The fourth-order valence-corrected chi connectivity index (χ4v) is 3.03. The molecule has 0 aromatic heterocycles. The molecule has 0 aliphatic carbocycles. The van der Waals surface area contributed by atoms with E-state index in [9.17, 15) is 0 Å². The Morgan fingerprint density at radius 2 is 1.52 bits per heavy atom. The van der Waals surface area contributed by atoms with Gasteiger partial charge in [-0.2, -0.15) is 0 Å². The van der Waals surface area contributed by atoms with E-state index in [-0.39, 0.29) is 0 Å². The van der Waals surface area contributed by atoms with Crippen LogP contribution in [0.15, 0.2) is 48.5 Å². The van der Waals surface area contributed by atoms with E-state index in [4.69, 9.17) is 15.2 Å². The summed E-state index contributed by atoms with van der Waals surface area (Å²) in [6.45, 7) is 5.81. The van der Waals surface area contributed by atoms with Crippen LogP contribution < -0.4 is 10.5 Å². The molecule has 0 spiro atoms. The van der Waals surface area contributed by atoms with Gasteiger partial charge in [0.25, 0.3) is 0 Å². The summed E-state index contributed by atoms with van der Waals surface area (Å²) in [5, 5.41) is 0. The minimum Gasteiger partial charge on any atom is -0.494 e. The van der Waals surface area contributed by atoms with Crippen molar-refractivity contribution in [2.24, 2.45) is 0 Å². The summed E-state index contributed by atoms with van der Waals surface area (Å²) in [5.74, 6) is 0.951. The van der Waals surface area contributed by atoms with Crippen LogP contribution in [0.1, 0.15) is 24.0 Å². The van der Waals surface area contributed by atoms with Gasteiger partial charge in [-0.1, -0.05) is 24.3 Å². The Morgan fingerprint density at radius 1 is 0.880 bits per heavy atom. The Kier molecular flexibility index (Phi) is 6.71. The number of nitrogens with two attached hydrogens (primary N) is 1. The number of rotatable bonds is 8. The lowest BCUT2D eigenvalue weighted by Gasteiger charge is -2.26. The molecule has 1 fully saturated rings. The number of hydrogen-bond acceptors (Lipinski definition) is 4. The first-order valence-electron chi connectivity index (χ1n) is 9.16. The summed E-state index contributed by atoms with van der Waals surface area (Å²) >= 11 is 0. The van der Waals surface area contributed by atoms with Gasteiger partial charge in [0.15, 0.2) is 0 Å². The van der Waals surface area contributed by atoms with Crippen molar-refractivity contribution in [1.29, 1.82) is 0 Å². The van der Waals surface area contributed by atoms with E-state index >= 15 is 0 Å². The molecule has 25 heavy (non-hydrogen) atoms. The first kappa shape index (κ1) is 17.8. The molecule has 1 aliphatic heterocycles. The molecular formula is C21H28N2O2. The molecule has 0 radical (unpaired) electrons. The van der Waals surface area contributed by atoms with Gasteiger partial charge >= 0.3 is 0 Å². The minimum absolute atomic E-state index is 0.779. The largest absolute Gasteiger partial charge is 0.494 e. The Hall–Kier alpha value is -2.04. The van der Waals surface area contributed by atoms with Crippen molar-refractivity contribution in [3.8, 4) is 5.75 Å². The molecule has 4 heteroatoms. The van der Waals surface area contributed by atoms with E-state index < -0.39 is 0 Å². The Morgan fingerprint density at radius 3 is 2.20 bits per heavy atom. The van der Waals surface area contributed by atoms with Gasteiger partial charge in [0.2, 0.25) is 0 Å². The van der Waals surface area contributed by atoms with Crippen LogP contribution in [0.3, 0.4) is 0 Å². The lowest BCUT2D eigenvalue weighted by Crippen LogP contribution is -2.36. The molecule has 3 rings (SSSR count). The average molecular weight is 340 g/mol. The van der Waals surface area contributed by atoms with E-state index in [2.05, 4.69) is 41.3 Å². The normalized spacial score (nSPS) is 15.2. The van der Waals surface area contributed by atoms with Crippen LogP contribution >= 0.6 is 0 Å². The SMILES string of the molecule is Nc1ccc(Cc2ccc(OCCCCN3CCOCC3)cc2)cc1. The van der Waals surface area contributed by atoms with E-state index in [1.165, 1.54) is 17.5 Å². The van der Waals surface area contributed by atoms with Gasteiger partial charge < -0.3 is 15.2 Å². The van der Waals surface area contributed by atoms with Gasteiger partial charge in [-0.25, -0.2) is 0 Å². The number of morpholine rings is 1. The topological polar surface area (TPSA) is 47.7 Å². The van der Waals surface area contributed by atoms with Crippen molar-refractivity contribution in [2.45, 2.75) is 19.3 Å². The molecule has 134 valence electrons. The number of ether oxygens (including phenoxy) is 2. The Balaban J connectivity index is 1.35. The monoisotopic (exact) mass is 340 g/mol. The summed E-state index contributed by atoms with van der Waals surface area (Å²) in [4.78, 5) is 2.47. The molecular weight excluding hydrogens is 312 g/mol. The maximum absolute atomic E-state index is 5.86. The summed E-state index contributed by atoms with van der Waals surface area (Å²) in [6, 6.07) is 16.5. The molecule has 0 unspecified atom stereocenters. The van der Waals surface area contributed by atoms with Gasteiger partial charge in [-0.05, 0) is 61.2 Å². The van der Waals surface area contributed by atoms with Crippen LogP contribution in [0, 0.1) is 0 Å². The fraction of sp³-hybridized carbons (Fsp3) is 0.429. The second-order valence-corrected chi connectivity index (χ2v) is 6.57. The maximum atomic E-state index is 5.86. The highest BCUT2D eigenvalue weighted by Gasteiger charge is 2.09. The molecule has 2 N–H and O–H groups in total. The van der Waals surface area contributed by atoms with Crippen molar-refractivity contribution in [3.63, 3.8) is 0 Å². The van der Waals surface area contributed by atoms with Crippen molar-refractivity contribution < 1.29 is 9.47 Å². The fourth-order valence-electron chi connectivity index (χ4n) is 3.03. The van der Waals surface area contributed by atoms with Crippen molar-refractivity contribution in [1.82, 2.24) is 4.90 Å². The summed E-state index contributed by atoms with van der Waals surface area (Å²) in [7, 11) is 0. The molecule has 4 nitrogen and oxygen atoms in total. The predicted octanol–water partition coefficient (Wildman–Crippen LogP) is 3.35. The third-order valence-electron chi connectivity index (χ3n) is 4.55. The molecule has 1 aliphatic rings. The molecule has 0 amide bonds. The third kappa shape index (κ3) is 6.07. The number of benzene rings is 2. The number of nitrogen functional groups attached to an aromatic ring is 1. The Labute approximate surface area is 150 Å². The summed E-state index contributed by atoms with van der Waals surface area (Å²) < 4.78 is 11.2. The lowest BCUT2D eigenvalue weighted by molar-refractivity contribution is 0.0368. The number of unbranched alkanes of at least 4 members (excludes halogenated alkanes) is 1. The predicted molar refractivity (Wildman–Crippen MR) is 102 cm³/mol. The van der Waals surface area contributed by atoms with Crippen LogP contribution in [0.4, 0.5) is 5.69 Å². The van der Waals surface area contributed by atoms with Gasteiger partial charge in [0.05, 0.1) is 19.8 Å². The molecule has 0 atom stereocenters. The third-order valence-corrected chi connectivity index (χ3v) is 4.55. The van der Waals surface area contributed by atoms with Crippen molar-refractivity contribution >= 4 is 5.69 Å². The van der Waals surface area contributed by atoms with Gasteiger partial charge in [0.1, 0.15) is 5.75 Å². The first-order chi connectivity index (χ1) is 12.3. The van der Waals surface area contributed by atoms with Gasteiger partial charge in [-0.15, -0.1) is 0 Å². The van der Waals surface area contributed by atoms with E-state index in [0.29, 0.717) is 0 Å². The van der Waals surface area contributed by atoms with Crippen LogP contribution in [-0.2, 0) is 11.2 Å². The summed E-state index contributed by atoms with van der Waals surface area (Å²) in [6.07, 6.45) is 3.18. The van der Waals surface area contributed by atoms with Gasteiger partial charge in [0, 0.05) is 18.8 Å². The quantitative estimate of drug-likeness (QED) is 0.591. The number of hydrogen-bond donors (Lipinski definition) is 1. The average Bonchev–Trinajstić information content (AvgIpc) is 2.65. The number of anilines is 1. The van der Waals surface area contributed by atoms with Crippen LogP contribution in [0.25, 0.3) is 0 Å². The van der Waals surface area contributed by atoms with E-state index in [0.717, 1.165) is 63.7 Å². The first-order valence-corrected chi connectivity index (χ1v) is 9.16. The molecule has 0 saturated carbocycles. The highest BCUT2D eigenvalue weighted by molar-refractivity contribution is 5.41. The molecule has 2 aromatic carbocycles. The zero-order chi connectivity index (χ0) is 17.3. The maximum Gasteiger partial charge on any atom is 0.119 e. The van der Waals surface area contributed by atoms with Crippen LogP contribution in [-0.4, -0.2) is 44.4 Å². The zero-order valence-electron chi connectivity index (χ0n) is 14.8.